The van der Waals surface area contributed by atoms with Crippen molar-refractivity contribution in [1.29, 1.82) is 0 Å². The first-order valence-corrected chi connectivity index (χ1v) is 6.96. The van der Waals surface area contributed by atoms with Gasteiger partial charge in [-0.25, -0.2) is 4.98 Å². The monoisotopic (exact) mass is 287 g/mol. The van der Waals surface area contributed by atoms with Crippen LogP contribution >= 0.6 is 0 Å². The number of nitrogens with one attached hydrogen (secondary N) is 2. The lowest BCUT2D eigenvalue weighted by Crippen LogP contribution is -2.22. The molecule has 0 amide bonds. The van der Waals surface area contributed by atoms with Crippen molar-refractivity contribution in [2.75, 3.05) is 31.2 Å². The van der Waals surface area contributed by atoms with E-state index in [9.17, 15) is 4.79 Å². The molecule has 0 spiro atoms. The van der Waals surface area contributed by atoms with E-state index in [1.165, 1.54) is 11.9 Å². The third kappa shape index (κ3) is 4.61. The Labute approximate surface area is 124 Å². The fourth-order valence-electron chi connectivity index (χ4n) is 2.08. The summed E-state index contributed by atoms with van der Waals surface area (Å²) in [7, 11) is 2.09. The Hall–Kier alpha value is -2.34. The number of H-pyrrole nitrogens is 1. The summed E-state index contributed by atoms with van der Waals surface area (Å²) in [5.41, 5.74) is 6.77. The van der Waals surface area contributed by atoms with Crippen LogP contribution in [0.4, 0.5) is 11.5 Å². The van der Waals surface area contributed by atoms with Gasteiger partial charge >= 0.3 is 0 Å². The number of benzene rings is 1. The average Bonchev–Trinajstić information content (AvgIpc) is 2.49. The first-order valence-electron chi connectivity index (χ1n) is 6.96. The lowest BCUT2D eigenvalue weighted by Gasteiger charge is -2.17. The first-order chi connectivity index (χ1) is 10.2. The van der Waals surface area contributed by atoms with E-state index in [4.69, 9.17) is 5.73 Å². The van der Waals surface area contributed by atoms with E-state index in [2.05, 4.69) is 39.4 Å². The van der Waals surface area contributed by atoms with Gasteiger partial charge in [0.2, 0.25) is 0 Å². The number of anilines is 2. The van der Waals surface area contributed by atoms with E-state index in [1.807, 2.05) is 18.2 Å². The number of nitrogen functional groups attached to an aromatic ring is 1. The van der Waals surface area contributed by atoms with Crippen LogP contribution in [0.3, 0.4) is 0 Å². The number of aromatic amines is 1. The SMILES string of the molecule is CN(CCCNc1nc[nH]c(=O)c1N)Cc1ccccc1. The summed E-state index contributed by atoms with van der Waals surface area (Å²) in [6, 6.07) is 10.4. The van der Waals surface area contributed by atoms with Gasteiger partial charge in [0.1, 0.15) is 5.69 Å². The Morgan fingerprint density at radius 3 is 2.86 bits per heavy atom. The van der Waals surface area contributed by atoms with Crippen LogP contribution in [-0.4, -0.2) is 35.0 Å². The topological polar surface area (TPSA) is 87.0 Å². The lowest BCUT2D eigenvalue weighted by molar-refractivity contribution is 0.325. The average molecular weight is 287 g/mol. The molecule has 1 heterocycles. The van der Waals surface area contributed by atoms with E-state index < -0.39 is 0 Å². The van der Waals surface area contributed by atoms with Gasteiger partial charge in [-0.05, 0) is 25.6 Å². The van der Waals surface area contributed by atoms with Crippen molar-refractivity contribution in [3.05, 3.63) is 52.6 Å². The molecule has 0 saturated heterocycles. The molecule has 4 N–H and O–H groups in total. The number of nitrogens with zero attached hydrogens (tertiary/aromatic N) is 2. The van der Waals surface area contributed by atoms with Crippen molar-refractivity contribution in [3.63, 3.8) is 0 Å². The molecule has 1 aromatic heterocycles. The Morgan fingerprint density at radius 1 is 1.33 bits per heavy atom. The van der Waals surface area contributed by atoms with Crippen molar-refractivity contribution in [2.45, 2.75) is 13.0 Å². The summed E-state index contributed by atoms with van der Waals surface area (Å²) in [6.45, 7) is 2.59. The molecule has 0 aliphatic carbocycles. The van der Waals surface area contributed by atoms with Crippen LogP contribution in [0.5, 0.6) is 0 Å². The number of nitrogens with two attached hydrogens (primary N) is 1. The molecule has 0 bridgehead atoms. The van der Waals surface area contributed by atoms with Crippen LogP contribution in [0.1, 0.15) is 12.0 Å². The molecule has 21 heavy (non-hydrogen) atoms. The predicted octanol–water partition coefficient (Wildman–Crippen LogP) is 1.29. The van der Waals surface area contributed by atoms with Gasteiger partial charge in [0.15, 0.2) is 5.82 Å². The first kappa shape index (κ1) is 15.1. The fraction of sp³-hybridized carbons (Fsp3) is 0.333. The molecule has 112 valence electrons. The second kappa shape index (κ2) is 7.44. The minimum atomic E-state index is -0.311. The van der Waals surface area contributed by atoms with Crippen LogP contribution in [0.15, 0.2) is 41.5 Å². The molecule has 0 unspecified atom stereocenters. The van der Waals surface area contributed by atoms with Crippen LogP contribution < -0.4 is 16.6 Å². The van der Waals surface area contributed by atoms with Gasteiger partial charge < -0.3 is 20.9 Å². The van der Waals surface area contributed by atoms with Crippen LogP contribution in [0.2, 0.25) is 0 Å². The van der Waals surface area contributed by atoms with Crippen molar-refractivity contribution in [1.82, 2.24) is 14.9 Å². The van der Waals surface area contributed by atoms with Gasteiger partial charge in [0.25, 0.3) is 5.56 Å². The molecule has 0 fully saturated rings. The summed E-state index contributed by atoms with van der Waals surface area (Å²) in [5, 5.41) is 3.09. The zero-order valence-electron chi connectivity index (χ0n) is 12.2. The summed E-state index contributed by atoms with van der Waals surface area (Å²) in [4.78, 5) is 20.0. The molecule has 0 radical (unpaired) electrons. The third-order valence-electron chi connectivity index (χ3n) is 3.19. The second-order valence-corrected chi connectivity index (χ2v) is 5.00. The highest BCUT2D eigenvalue weighted by Crippen LogP contribution is 2.07. The highest BCUT2D eigenvalue weighted by molar-refractivity contribution is 5.58. The van der Waals surface area contributed by atoms with Crippen molar-refractivity contribution in [2.24, 2.45) is 0 Å². The molecule has 0 atom stereocenters. The molecule has 1 aromatic carbocycles. The van der Waals surface area contributed by atoms with Crippen molar-refractivity contribution in [3.8, 4) is 0 Å². The molecule has 0 aliphatic rings. The quantitative estimate of drug-likeness (QED) is 0.668. The van der Waals surface area contributed by atoms with Crippen LogP contribution in [0.25, 0.3) is 0 Å². The van der Waals surface area contributed by atoms with Gasteiger partial charge in [0, 0.05) is 13.1 Å². The molecule has 6 heteroatoms. The molecule has 6 nitrogen and oxygen atoms in total. The predicted molar refractivity (Wildman–Crippen MR) is 85.2 cm³/mol. The molecule has 2 rings (SSSR count). The van der Waals surface area contributed by atoms with Gasteiger partial charge in [-0.2, -0.15) is 0 Å². The standard InChI is InChI=1S/C15H21N5O/c1-20(10-12-6-3-2-4-7-12)9-5-8-17-14-13(16)15(21)19-11-18-14/h2-4,6-7,11H,5,8-10,16H2,1H3,(H2,17,18,19,21). The van der Waals surface area contributed by atoms with Crippen LogP contribution in [-0.2, 0) is 6.54 Å². The molecule has 2 aromatic rings. The van der Waals surface area contributed by atoms with E-state index in [0.717, 1.165) is 26.1 Å². The number of rotatable bonds is 7. The summed E-state index contributed by atoms with van der Waals surface area (Å²) < 4.78 is 0. The smallest absolute Gasteiger partial charge is 0.276 e. The van der Waals surface area contributed by atoms with Crippen molar-refractivity contribution >= 4 is 11.5 Å². The van der Waals surface area contributed by atoms with E-state index in [-0.39, 0.29) is 11.2 Å². The van der Waals surface area contributed by atoms with Gasteiger partial charge in [0.05, 0.1) is 6.33 Å². The van der Waals surface area contributed by atoms with E-state index in [1.54, 1.807) is 0 Å². The maximum absolute atomic E-state index is 11.3. The molecular weight excluding hydrogens is 266 g/mol. The van der Waals surface area contributed by atoms with Crippen LogP contribution in [0, 0.1) is 0 Å². The van der Waals surface area contributed by atoms with Gasteiger partial charge in [-0.1, -0.05) is 30.3 Å². The molecule has 0 aliphatic heterocycles. The Bertz CT molecular complexity index is 611. The summed E-state index contributed by atoms with van der Waals surface area (Å²) in [6.07, 6.45) is 2.29. The minimum Gasteiger partial charge on any atom is -0.391 e. The normalized spacial score (nSPS) is 10.8. The maximum atomic E-state index is 11.3. The number of aromatic nitrogens is 2. The van der Waals surface area contributed by atoms with Gasteiger partial charge in [-0.3, -0.25) is 4.79 Å². The number of hydrogen-bond donors (Lipinski definition) is 3. The Balaban J connectivity index is 1.72. The highest BCUT2D eigenvalue weighted by Gasteiger charge is 2.04. The fourth-order valence-corrected chi connectivity index (χ4v) is 2.08. The maximum Gasteiger partial charge on any atom is 0.276 e. The zero-order valence-corrected chi connectivity index (χ0v) is 12.2. The number of hydrogen-bond acceptors (Lipinski definition) is 5. The minimum absolute atomic E-state index is 0.134. The van der Waals surface area contributed by atoms with Gasteiger partial charge in [-0.15, -0.1) is 0 Å². The lowest BCUT2D eigenvalue weighted by atomic mass is 10.2. The Kier molecular flexibility index (Phi) is 5.34. The second-order valence-electron chi connectivity index (χ2n) is 5.00. The third-order valence-corrected chi connectivity index (χ3v) is 3.19. The van der Waals surface area contributed by atoms with E-state index in [0.29, 0.717) is 5.82 Å². The van der Waals surface area contributed by atoms with Crippen molar-refractivity contribution < 1.29 is 0 Å². The largest absolute Gasteiger partial charge is 0.391 e. The summed E-state index contributed by atoms with van der Waals surface area (Å²) >= 11 is 0. The molecule has 0 saturated carbocycles. The Morgan fingerprint density at radius 2 is 2.10 bits per heavy atom. The zero-order chi connectivity index (χ0) is 15.1. The summed E-state index contributed by atoms with van der Waals surface area (Å²) in [5.74, 6) is 0.449. The highest BCUT2D eigenvalue weighted by atomic mass is 16.1. The molecular formula is C15H21N5O. The van der Waals surface area contributed by atoms with E-state index >= 15 is 0 Å².